The summed E-state index contributed by atoms with van der Waals surface area (Å²) in [5.41, 5.74) is 1.83. The number of carbonyl (C=O) groups is 1. The van der Waals surface area contributed by atoms with Gasteiger partial charge in [-0.05, 0) is 18.9 Å². The fourth-order valence-electron chi connectivity index (χ4n) is 0.801. The van der Waals surface area contributed by atoms with Crippen LogP contribution in [0.3, 0.4) is 0 Å². The van der Waals surface area contributed by atoms with Gasteiger partial charge in [0.2, 0.25) is 0 Å². The van der Waals surface area contributed by atoms with E-state index in [1.807, 2.05) is 26.8 Å². The van der Waals surface area contributed by atoms with Crippen LogP contribution in [0.4, 0.5) is 0 Å². The molecular weight excluding hydrogens is 176 g/mol. The van der Waals surface area contributed by atoms with Crippen molar-refractivity contribution < 1.29 is 9.90 Å². The van der Waals surface area contributed by atoms with E-state index in [4.69, 9.17) is 5.11 Å². The van der Waals surface area contributed by atoms with E-state index in [2.05, 4.69) is 13.2 Å². The molecule has 1 N–H and O–H groups in total. The predicted octanol–water partition coefficient (Wildman–Crippen LogP) is 3.57. The van der Waals surface area contributed by atoms with Gasteiger partial charge in [-0.1, -0.05) is 44.7 Å². The highest BCUT2D eigenvalue weighted by Gasteiger charge is 1.98. The molecule has 0 aromatic heterocycles. The summed E-state index contributed by atoms with van der Waals surface area (Å²) in [4.78, 5) is 10.2. The first kappa shape index (κ1) is 15.2. The maximum absolute atomic E-state index is 10.2. The molecule has 0 rings (SSSR count). The minimum Gasteiger partial charge on any atom is -0.481 e. The molecule has 0 bridgehead atoms. The summed E-state index contributed by atoms with van der Waals surface area (Å²) >= 11 is 0. The molecule has 0 aliphatic carbocycles. The van der Waals surface area contributed by atoms with Crippen molar-refractivity contribution in [3.8, 4) is 0 Å². The van der Waals surface area contributed by atoms with Crippen LogP contribution in [-0.2, 0) is 4.79 Å². The van der Waals surface area contributed by atoms with Crippen LogP contribution >= 0.6 is 0 Å². The Balaban J connectivity index is 0. The molecule has 0 atom stereocenters. The zero-order valence-electron chi connectivity index (χ0n) is 9.34. The molecule has 0 fully saturated rings. The van der Waals surface area contributed by atoms with Gasteiger partial charge in [-0.15, -0.1) is 0 Å². The molecule has 0 unspecified atom stereocenters. The number of carboxylic acid groups (broad SMARTS) is 1. The summed E-state index contributed by atoms with van der Waals surface area (Å²) in [5.74, 6) is -0.788. The van der Waals surface area contributed by atoms with Gasteiger partial charge in [-0.2, -0.15) is 0 Å². The van der Waals surface area contributed by atoms with E-state index in [9.17, 15) is 4.79 Å². The smallest absolute Gasteiger partial charge is 0.303 e. The fourth-order valence-corrected chi connectivity index (χ4v) is 0.801. The molecule has 80 valence electrons. The average Bonchev–Trinajstić information content (AvgIpc) is 2.14. The van der Waals surface area contributed by atoms with Gasteiger partial charge in [-0.25, -0.2) is 0 Å². The first-order valence-corrected chi connectivity index (χ1v) is 4.76. The standard InChI is InChI=1S/C10H14O2.C2H6/c1-4-9(7-8(2)3)5-6-10(11)12;1-2/h4,7H,1-2,5-6H2,3H3,(H,11,12);1-2H3/b9-7+;. The zero-order chi connectivity index (χ0) is 11.6. The normalized spacial score (nSPS) is 9.79. The van der Waals surface area contributed by atoms with Gasteiger partial charge >= 0.3 is 5.97 Å². The maximum Gasteiger partial charge on any atom is 0.303 e. The molecule has 0 saturated heterocycles. The van der Waals surface area contributed by atoms with Gasteiger partial charge in [0, 0.05) is 6.42 Å². The molecule has 0 aliphatic rings. The Bertz CT molecular complexity index is 224. The lowest BCUT2D eigenvalue weighted by Crippen LogP contribution is -1.94. The van der Waals surface area contributed by atoms with Gasteiger partial charge in [0.25, 0.3) is 0 Å². The highest BCUT2D eigenvalue weighted by Crippen LogP contribution is 2.08. The molecule has 2 heteroatoms. The third-order valence-corrected chi connectivity index (χ3v) is 1.32. The van der Waals surface area contributed by atoms with Crippen molar-refractivity contribution in [1.82, 2.24) is 0 Å². The minimum absolute atomic E-state index is 0.144. The van der Waals surface area contributed by atoms with Crippen molar-refractivity contribution in [2.24, 2.45) is 0 Å². The molecule has 0 spiro atoms. The average molecular weight is 196 g/mol. The second-order valence-corrected chi connectivity index (χ2v) is 2.66. The van der Waals surface area contributed by atoms with E-state index in [0.29, 0.717) is 6.42 Å². The van der Waals surface area contributed by atoms with Crippen molar-refractivity contribution >= 4 is 5.97 Å². The molecule has 0 heterocycles. The number of hydrogen-bond acceptors (Lipinski definition) is 1. The van der Waals surface area contributed by atoms with Crippen molar-refractivity contribution in [2.75, 3.05) is 0 Å². The highest BCUT2D eigenvalue weighted by molar-refractivity contribution is 5.67. The van der Waals surface area contributed by atoms with E-state index in [1.54, 1.807) is 6.08 Å². The van der Waals surface area contributed by atoms with Crippen LogP contribution < -0.4 is 0 Å². The van der Waals surface area contributed by atoms with Gasteiger partial charge < -0.3 is 5.11 Å². The van der Waals surface area contributed by atoms with Gasteiger partial charge in [-0.3, -0.25) is 4.79 Å². The quantitative estimate of drug-likeness (QED) is 0.682. The van der Waals surface area contributed by atoms with E-state index < -0.39 is 5.97 Å². The zero-order valence-corrected chi connectivity index (χ0v) is 9.34. The third kappa shape index (κ3) is 10.7. The number of hydrogen-bond donors (Lipinski definition) is 1. The molecule has 0 aromatic rings. The van der Waals surface area contributed by atoms with E-state index in [1.165, 1.54) is 0 Å². The van der Waals surface area contributed by atoms with Crippen molar-refractivity contribution in [3.05, 3.63) is 36.5 Å². The van der Waals surface area contributed by atoms with E-state index in [0.717, 1.165) is 11.1 Å². The molecule has 2 nitrogen and oxygen atoms in total. The lowest BCUT2D eigenvalue weighted by Gasteiger charge is -1.98. The van der Waals surface area contributed by atoms with Crippen LogP contribution in [0.15, 0.2) is 36.5 Å². The van der Waals surface area contributed by atoms with Crippen molar-refractivity contribution in [2.45, 2.75) is 33.6 Å². The topological polar surface area (TPSA) is 37.3 Å². The highest BCUT2D eigenvalue weighted by atomic mass is 16.4. The first-order valence-electron chi connectivity index (χ1n) is 4.76. The Labute approximate surface area is 86.6 Å². The lowest BCUT2D eigenvalue weighted by molar-refractivity contribution is -0.136. The molecule has 0 aromatic carbocycles. The van der Waals surface area contributed by atoms with Gasteiger partial charge in [0.15, 0.2) is 0 Å². The number of carboxylic acids is 1. The Morgan fingerprint density at radius 2 is 1.86 bits per heavy atom. The second-order valence-electron chi connectivity index (χ2n) is 2.66. The van der Waals surface area contributed by atoms with Crippen LogP contribution in [0.2, 0.25) is 0 Å². The van der Waals surface area contributed by atoms with Gasteiger partial charge in [0.05, 0.1) is 0 Å². The third-order valence-electron chi connectivity index (χ3n) is 1.32. The van der Waals surface area contributed by atoms with Crippen molar-refractivity contribution in [3.63, 3.8) is 0 Å². The molecule has 14 heavy (non-hydrogen) atoms. The van der Waals surface area contributed by atoms with Crippen LogP contribution in [-0.4, -0.2) is 11.1 Å². The summed E-state index contributed by atoms with van der Waals surface area (Å²) in [7, 11) is 0. The van der Waals surface area contributed by atoms with Crippen LogP contribution in [0.5, 0.6) is 0 Å². The summed E-state index contributed by atoms with van der Waals surface area (Å²) in [6.45, 7) is 13.2. The predicted molar refractivity (Wildman–Crippen MR) is 61.3 cm³/mol. The SMILES string of the molecule is C=C/C(=C\C(=C)C)CCC(=O)O.CC. The molecular formula is C12H20O2. The van der Waals surface area contributed by atoms with Crippen LogP contribution in [0.1, 0.15) is 33.6 Å². The maximum atomic E-state index is 10.2. The Kier molecular flexibility index (Phi) is 10.6. The van der Waals surface area contributed by atoms with E-state index >= 15 is 0 Å². The molecule has 0 amide bonds. The monoisotopic (exact) mass is 196 g/mol. The minimum atomic E-state index is -0.788. The lowest BCUT2D eigenvalue weighted by atomic mass is 10.1. The largest absolute Gasteiger partial charge is 0.481 e. The number of aliphatic carboxylic acids is 1. The van der Waals surface area contributed by atoms with Crippen LogP contribution in [0.25, 0.3) is 0 Å². The second kappa shape index (κ2) is 9.78. The molecule has 0 aliphatic heterocycles. The van der Waals surface area contributed by atoms with Crippen LogP contribution in [0, 0.1) is 0 Å². The number of rotatable bonds is 5. The summed E-state index contributed by atoms with van der Waals surface area (Å²) < 4.78 is 0. The fraction of sp³-hybridized carbons (Fsp3) is 0.417. The summed E-state index contributed by atoms with van der Waals surface area (Å²) in [6, 6.07) is 0. The van der Waals surface area contributed by atoms with Gasteiger partial charge in [0.1, 0.15) is 0 Å². The Hall–Kier alpha value is -1.31. The Morgan fingerprint density at radius 3 is 2.14 bits per heavy atom. The Morgan fingerprint density at radius 1 is 1.36 bits per heavy atom. The van der Waals surface area contributed by atoms with Crippen molar-refractivity contribution in [1.29, 1.82) is 0 Å². The molecule has 0 saturated carbocycles. The first-order chi connectivity index (χ1) is 6.56. The van der Waals surface area contributed by atoms with E-state index in [-0.39, 0.29) is 6.42 Å². The number of allylic oxidation sites excluding steroid dienone is 4. The molecule has 0 radical (unpaired) electrons. The summed E-state index contributed by atoms with van der Waals surface area (Å²) in [6.07, 6.45) is 4.17. The summed E-state index contributed by atoms with van der Waals surface area (Å²) in [5, 5.41) is 8.41.